The average molecular weight is 606 g/mol. The van der Waals surface area contributed by atoms with Crippen LogP contribution in [0.25, 0.3) is 0 Å². The first kappa shape index (κ1) is 29.9. The van der Waals surface area contributed by atoms with Crippen molar-refractivity contribution in [3.05, 3.63) is 100 Å². The van der Waals surface area contributed by atoms with Crippen LogP contribution in [-0.4, -0.2) is 35.4 Å². The molecule has 1 aliphatic carbocycles. The standard InChI is InChI=1S/C34H41BrN2O3/c1-34(2,3)29-19-10-11-20-31(29)40-24-32(38)37(23-26-15-12-16-27(35)21-26)30(22-25-13-6-4-7-14-25)33(39)36-28-17-8-5-9-18-28/h4,6-7,10-16,19-21,28,30H,5,8-9,17-18,22-24H2,1-3H3,(H,36,39)/t30-/m0/s1. The topological polar surface area (TPSA) is 58.6 Å². The largest absolute Gasteiger partial charge is 0.483 e. The predicted octanol–water partition coefficient (Wildman–Crippen LogP) is 7.21. The number of carbonyl (C=O) groups is 2. The molecule has 0 saturated heterocycles. The molecular weight excluding hydrogens is 564 g/mol. The zero-order chi connectivity index (χ0) is 28.5. The van der Waals surface area contributed by atoms with Crippen molar-refractivity contribution in [3.63, 3.8) is 0 Å². The van der Waals surface area contributed by atoms with Crippen LogP contribution in [0, 0.1) is 0 Å². The summed E-state index contributed by atoms with van der Waals surface area (Å²) in [5.74, 6) is 0.370. The predicted molar refractivity (Wildman–Crippen MR) is 164 cm³/mol. The second-order valence-corrected chi connectivity index (χ2v) is 12.7. The molecule has 1 N–H and O–H groups in total. The Labute approximate surface area is 247 Å². The fourth-order valence-corrected chi connectivity index (χ4v) is 5.81. The molecule has 0 heterocycles. The summed E-state index contributed by atoms with van der Waals surface area (Å²) >= 11 is 3.56. The average Bonchev–Trinajstić information content (AvgIpc) is 2.94. The van der Waals surface area contributed by atoms with Crippen LogP contribution in [0.2, 0.25) is 0 Å². The molecule has 3 aromatic carbocycles. The minimum atomic E-state index is -0.669. The molecule has 1 saturated carbocycles. The number of ether oxygens (including phenoxy) is 1. The minimum Gasteiger partial charge on any atom is -0.483 e. The van der Waals surface area contributed by atoms with Crippen LogP contribution in [0.5, 0.6) is 5.75 Å². The monoisotopic (exact) mass is 604 g/mol. The van der Waals surface area contributed by atoms with Crippen LogP contribution < -0.4 is 10.1 Å². The summed E-state index contributed by atoms with van der Waals surface area (Å²) in [4.78, 5) is 29.6. The summed E-state index contributed by atoms with van der Waals surface area (Å²) in [7, 11) is 0. The molecule has 3 aromatic rings. The Kier molecular flexibility index (Phi) is 10.4. The van der Waals surface area contributed by atoms with Gasteiger partial charge in [0.15, 0.2) is 6.61 Å². The number of carbonyl (C=O) groups excluding carboxylic acids is 2. The van der Waals surface area contributed by atoms with Crippen molar-refractivity contribution in [2.45, 2.75) is 83.3 Å². The van der Waals surface area contributed by atoms with Gasteiger partial charge in [-0.1, -0.05) is 117 Å². The Bertz CT molecular complexity index is 1270. The third kappa shape index (κ3) is 8.44. The lowest BCUT2D eigenvalue weighted by Crippen LogP contribution is -2.53. The van der Waals surface area contributed by atoms with E-state index in [1.165, 1.54) is 6.42 Å². The molecule has 5 nitrogen and oxygen atoms in total. The molecule has 0 bridgehead atoms. The van der Waals surface area contributed by atoms with E-state index in [1.807, 2.05) is 78.9 Å². The van der Waals surface area contributed by atoms with E-state index in [-0.39, 0.29) is 29.9 Å². The molecule has 212 valence electrons. The molecular formula is C34H41BrN2O3. The molecule has 6 heteroatoms. The molecule has 1 fully saturated rings. The number of amides is 2. The highest BCUT2D eigenvalue weighted by Crippen LogP contribution is 2.31. The Balaban J connectivity index is 1.64. The first-order chi connectivity index (χ1) is 19.2. The van der Waals surface area contributed by atoms with Crippen LogP contribution in [-0.2, 0) is 28.0 Å². The zero-order valence-electron chi connectivity index (χ0n) is 23.9. The van der Waals surface area contributed by atoms with Crippen LogP contribution in [0.1, 0.15) is 69.6 Å². The summed E-state index contributed by atoms with van der Waals surface area (Å²) in [6.07, 6.45) is 5.84. The first-order valence-corrected chi connectivity index (χ1v) is 15.1. The van der Waals surface area contributed by atoms with Gasteiger partial charge in [0.2, 0.25) is 5.91 Å². The van der Waals surface area contributed by atoms with E-state index in [1.54, 1.807) is 4.90 Å². The van der Waals surface area contributed by atoms with E-state index in [0.29, 0.717) is 18.7 Å². The van der Waals surface area contributed by atoms with Gasteiger partial charge in [-0.25, -0.2) is 0 Å². The van der Waals surface area contributed by atoms with E-state index in [2.05, 4.69) is 42.0 Å². The lowest BCUT2D eigenvalue weighted by molar-refractivity contribution is -0.143. The molecule has 0 aromatic heterocycles. The lowest BCUT2D eigenvalue weighted by Gasteiger charge is -2.33. The van der Waals surface area contributed by atoms with Crippen molar-refractivity contribution >= 4 is 27.7 Å². The maximum Gasteiger partial charge on any atom is 0.261 e. The molecule has 0 spiro atoms. The van der Waals surface area contributed by atoms with E-state index in [0.717, 1.165) is 46.8 Å². The second-order valence-electron chi connectivity index (χ2n) is 11.7. The maximum absolute atomic E-state index is 14.0. The molecule has 40 heavy (non-hydrogen) atoms. The first-order valence-electron chi connectivity index (χ1n) is 14.3. The van der Waals surface area contributed by atoms with Crippen molar-refractivity contribution in [2.75, 3.05) is 6.61 Å². The van der Waals surface area contributed by atoms with E-state index in [9.17, 15) is 9.59 Å². The van der Waals surface area contributed by atoms with E-state index >= 15 is 0 Å². The molecule has 4 rings (SSSR count). The summed E-state index contributed by atoms with van der Waals surface area (Å²) < 4.78 is 7.10. The highest BCUT2D eigenvalue weighted by molar-refractivity contribution is 9.10. The van der Waals surface area contributed by atoms with Gasteiger partial charge in [0.25, 0.3) is 5.91 Å². The SMILES string of the molecule is CC(C)(C)c1ccccc1OCC(=O)N(Cc1cccc(Br)c1)[C@@H](Cc1ccccc1)C(=O)NC1CCCCC1. The molecule has 0 aliphatic heterocycles. The Morgan fingerprint density at radius 3 is 2.30 bits per heavy atom. The highest BCUT2D eigenvalue weighted by Gasteiger charge is 2.32. The van der Waals surface area contributed by atoms with Crippen LogP contribution >= 0.6 is 15.9 Å². The molecule has 1 aliphatic rings. The van der Waals surface area contributed by atoms with Gasteiger partial charge in [0.05, 0.1) is 0 Å². The van der Waals surface area contributed by atoms with E-state index < -0.39 is 6.04 Å². The number of para-hydroxylation sites is 1. The number of halogens is 1. The van der Waals surface area contributed by atoms with Crippen LogP contribution in [0.15, 0.2) is 83.3 Å². The molecule has 2 amide bonds. The Morgan fingerprint density at radius 2 is 1.60 bits per heavy atom. The molecule has 0 radical (unpaired) electrons. The van der Waals surface area contributed by atoms with Crippen LogP contribution in [0.3, 0.4) is 0 Å². The quantitative estimate of drug-likeness (QED) is 0.266. The van der Waals surface area contributed by atoms with Gasteiger partial charge in [-0.3, -0.25) is 9.59 Å². The third-order valence-corrected chi connectivity index (χ3v) is 8.00. The molecule has 0 unspecified atom stereocenters. The fourth-order valence-electron chi connectivity index (χ4n) is 5.36. The summed E-state index contributed by atoms with van der Waals surface area (Å²) in [6, 6.07) is 25.2. The van der Waals surface area contributed by atoms with Crippen LogP contribution in [0.4, 0.5) is 0 Å². The Morgan fingerprint density at radius 1 is 0.925 bits per heavy atom. The van der Waals surface area contributed by atoms with Gasteiger partial charge in [-0.05, 0) is 53.1 Å². The van der Waals surface area contributed by atoms with Gasteiger partial charge < -0.3 is 15.0 Å². The number of hydrogen-bond acceptors (Lipinski definition) is 3. The summed E-state index contributed by atoms with van der Waals surface area (Å²) in [5.41, 5.74) is 2.86. The smallest absolute Gasteiger partial charge is 0.261 e. The van der Waals surface area contributed by atoms with Crippen molar-refractivity contribution in [1.29, 1.82) is 0 Å². The third-order valence-electron chi connectivity index (χ3n) is 7.51. The number of hydrogen-bond donors (Lipinski definition) is 1. The highest BCUT2D eigenvalue weighted by atomic mass is 79.9. The van der Waals surface area contributed by atoms with Crippen molar-refractivity contribution in [2.24, 2.45) is 0 Å². The summed E-state index contributed by atoms with van der Waals surface area (Å²) in [5, 5.41) is 3.29. The zero-order valence-corrected chi connectivity index (χ0v) is 25.5. The van der Waals surface area contributed by atoms with Crippen molar-refractivity contribution in [1.82, 2.24) is 10.2 Å². The van der Waals surface area contributed by atoms with Gasteiger partial charge in [0.1, 0.15) is 11.8 Å². The number of benzene rings is 3. The minimum absolute atomic E-state index is 0.103. The van der Waals surface area contributed by atoms with Gasteiger partial charge in [0, 0.05) is 23.5 Å². The number of nitrogens with zero attached hydrogens (tertiary/aromatic N) is 1. The second kappa shape index (κ2) is 14.0. The number of rotatable bonds is 10. The molecule has 1 atom stereocenters. The van der Waals surface area contributed by atoms with E-state index in [4.69, 9.17) is 4.74 Å². The normalized spacial score (nSPS) is 14.8. The fraction of sp³-hybridized carbons (Fsp3) is 0.412. The maximum atomic E-state index is 14.0. The van der Waals surface area contributed by atoms with Gasteiger partial charge in [-0.15, -0.1) is 0 Å². The number of nitrogens with one attached hydrogen (secondary N) is 1. The lowest BCUT2D eigenvalue weighted by atomic mass is 9.86. The Hall–Kier alpha value is -3.12. The summed E-state index contributed by atoms with van der Waals surface area (Å²) in [6.45, 7) is 6.54. The van der Waals surface area contributed by atoms with Gasteiger partial charge >= 0.3 is 0 Å². The van der Waals surface area contributed by atoms with Crippen molar-refractivity contribution < 1.29 is 14.3 Å². The van der Waals surface area contributed by atoms with Crippen molar-refractivity contribution in [3.8, 4) is 5.75 Å². The van der Waals surface area contributed by atoms with Gasteiger partial charge in [-0.2, -0.15) is 0 Å².